The van der Waals surface area contributed by atoms with Gasteiger partial charge in [0.05, 0.1) is 11.7 Å². The van der Waals surface area contributed by atoms with Crippen LogP contribution in [0.25, 0.3) is 0 Å². The van der Waals surface area contributed by atoms with Crippen LogP contribution in [0.3, 0.4) is 0 Å². The van der Waals surface area contributed by atoms with Gasteiger partial charge in [0.1, 0.15) is 17.5 Å². The van der Waals surface area contributed by atoms with E-state index in [1.165, 1.54) is 0 Å². The number of ether oxygens (including phenoxy) is 1. The fraction of sp³-hybridized carbons (Fsp3) is 0.120. The molecular weight excluding hydrogens is 404 g/mol. The van der Waals surface area contributed by atoms with E-state index in [1.807, 2.05) is 79.0 Å². The van der Waals surface area contributed by atoms with Gasteiger partial charge in [0.2, 0.25) is 0 Å². The number of nitrogens with one attached hydrogen (secondary N) is 2. The van der Waals surface area contributed by atoms with Gasteiger partial charge in [0.25, 0.3) is 0 Å². The molecule has 5 nitrogen and oxygen atoms in total. The summed E-state index contributed by atoms with van der Waals surface area (Å²) < 4.78 is 5.94. The highest BCUT2D eigenvalue weighted by atomic mass is 32.1. The van der Waals surface area contributed by atoms with Gasteiger partial charge in [-0.1, -0.05) is 24.3 Å². The van der Waals surface area contributed by atoms with E-state index in [9.17, 15) is 0 Å². The molecule has 2 aromatic heterocycles. The Hall–Kier alpha value is -3.64. The Morgan fingerprint density at radius 1 is 0.871 bits per heavy atom. The number of anilines is 1. The normalized spacial score (nSPS) is 18.1. The summed E-state index contributed by atoms with van der Waals surface area (Å²) in [7, 11) is 0. The Bertz CT molecular complexity index is 1180. The zero-order valence-corrected chi connectivity index (χ0v) is 17.8. The van der Waals surface area contributed by atoms with Crippen LogP contribution in [-0.4, -0.2) is 15.1 Å². The third-order valence-corrected chi connectivity index (χ3v) is 5.68. The largest absolute Gasteiger partial charge is 0.457 e. The van der Waals surface area contributed by atoms with Crippen LogP contribution in [0.5, 0.6) is 11.5 Å². The molecule has 2 aromatic carbocycles. The molecule has 6 heteroatoms. The maximum Gasteiger partial charge on any atom is 0.174 e. The lowest BCUT2D eigenvalue weighted by molar-refractivity contribution is 0.482. The summed E-state index contributed by atoms with van der Waals surface area (Å²) in [5, 5.41) is 4.15. The number of hydrogen-bond donors (Lipinski definition) is 2. The Labute approximate surface area is 186 Å². The monoisotopic (exact) mass is 426 g/mol. The van der Waals surface area contributed by atoms with E-state index >= 15 is 0 Å². The van der Waals surface area contributed by atoms with E-state index in [0.717, 1.165) is 34.3 Å². The number of para-hydroxylation sites is 1. The van der Waals surface area contributed by atoms with Gasteiger partial charge in [-0.25, -0.2) is 0 Å². The van der Waals surface area contributed by atoms with Gasteiger partial charge in [-0.2, -0.15) is 0 Å². The van der Waals surface area contributed by atoms with Gasteiger partial charge >= 0.3 is 0 Å². The van der Waals surface area contributed by atoms with E-state index in [4.69, 9.17) is 17.0 Å². The van der Waals surface area contributed by atoms with Crippen molar-refractivity contribution in [2.75, 3.05) is 4.90 Å². The Balaban J connectivity index is 1.48. The van der Waals surface area contributed by atoms with Crippen molar-refractivity contribution in [2.24, 2.45) is 0 Å². The van der Waals surface area contributed by atoms with Gasteiger partial charge in [0, 0.05) is 23.3 Å². The minimum absolute atomic E-state index is 0.0445. The van der Waals surface area contributed by atoms with Crippen LogP contribution in [0, 0.1) is 6.92 Å². The van der Waals surface area contributed by atoms with Crippen molar-refractivity contribution in [3.63, 3.8) is 0 Å². The first-order valence-electron chi connectivity index (χ1n) is 10.2. The summed E-state index contributed by atoms with van der Waals surface area (Å²) in [6.45, 7) is 2.06. The maximum atomic E-state index is 5.94. The summed E-state index contributed by atoms with van der Waals surface area (Å²) in [4.78, 5) is 10.2. The first-order valence-corrected chi connectivity index (χ1v) is 10.6. The van der Waals surface area contributed by atoms with E-state index < -0.39 is 0 Å². The molecule has 5 rings (SSSR count). The van der Waals surface area contributed by atoms with Crippen LogP contribution in [0.1, 0.15) is 29.2 Å². The number of H-pyrrole nitrogens is 1. The minimum atomic E-state index is -0.0630. The molecule has 2 atom stereocenters. The third kappa shape index (κ3) is 3.90. The van der Waals surface area contributed by atoms with Gasteiger partial charge in [-0.15, -0.1) is 0 Å². The summed E-state index contributed by atoms with van der Waals surface area (Å²) in [5.41, 5.74) is 4.14. The van der Waals surface area contributed by atoms with Crippen LogP contribution >= 0.6 is 12.2 Å². The molecule has 1 saturated heterocycles. The van der Waals surface area contributed by atoms with Gasteiger partial charge in [-0.05, 0) is 79.8 Å². The molecule has 2 unspecified atom stereocenters. The molecule has 4 aromatic rings. The molecule has 154 valence electrons. The van der Waals surface area contributed by atoms with E-state index in [2.05, 4.69) is 39.2 Å². The summed E-state index contributed by atoms with van der Waals surface area (Å²) in [6.07, 6.45) is 1.81. The first-order chi connectivity index (χ1) is 15.2. The van der Waals surface area contributed by atoms with Gasteiger partial charge in [-0.3, -0.25) is 4.98 Å². The van der Waals surface area contributed by atoms with Gasteiger partial charge in [0.15, 0.2) is 5.11 Å². The topological polar surface area (TPSA) is 53.2 Å². The molecule has 0 bridgehead atoms. The Morgan fingerprint density at radius 3 is 2.29 bits per heavy atom. The molecule has 1 aliphatic rings. The third-order valence-electron chi connectivity index (χ3n) is 5.36. The molecule has 0 spiro atoms. The molecule has 2 N–H and O–H groups in total. The van der Waals surface area contributed by atoms with Crippen LogP contribution in [0.4, 0.5) is 5.69 Å². The van der Waals surface area contributed by atoms with Crippen molar-refractivity contribution in [3.05, 3.63) is 108 Å². The average molecular weight is 427 g/mol. The number of nitrogens with zero attached hydrogens (tertiary/aromatic N) is 2. The summed E-state index contributed by atoms with van der Waals surface area (Å²) >= 11 is 5.76. The average Bonchev–Trinajstić information content (AvgIpc) is 3.38. The lowest BCUT2D eigenvalue weighted by atomic mass is 10.0. The predicted molar refractivity (Wildman–Crippen MR) is 126 cm³/mol. The lowest BCUT2D eigenvalue weighted by Crippen LogP contribution is -2.29. The minimum Gasteiger partial charge on any atom is -0.457 e. The summed E-state index contributed by atoms with van der Waals surface area (Å²) in [5.74, 6) is 1.59. The Morgan fingerprint density at radius 2 is 1.61 bits per heavy atom. The first kappa shape index (κ1) is 19.3. The SMILES string of the molecule is Cc1ccc(C2C(c3ccccn3)NC(=S)N2c2ccc(Oc3ccccc3)cc2)[nH]1. The smallest absolute Gasteiger partial charge is 0.174 e. The number of benzene rings is 2. The van der Waals surface area contributed by atoms with Crippen LogP contribution in [-0.2, 0) is 0 Å². The van der Waals surface area contributed by atoms with E-state index in [1.54, 1.807) is 0 Å². The number of aryl methyl sites for hydroxylation is 1. The van der Waals surface area contributed by atoms with Gasteiger partial charge < -0.3 is 19.9 Å². The van der Waals surface area contributed by atoms with Crippen molar-refractivity contribution >= 4 is 23.0 Å². The molecule has 3 heterocycles. The van der Waals surface area contributed by atoms with Crippen molar-refractivity contribution in [2.45, 2.75) is 19.0 Å². The van der Waals surface area contributed by atoms with Crippen molar-refractivity contribution < 1.29 is 4.74 Å². The zero-order chi connectivity index (χ0) is 21.2. The fourth-order valence-corrected chi connectivity index (χ4v) is 4.29. The molecule has 31 heavy (non-hydrogen) atoms. The molecule has 1 aliphatic heterocycles. The fourth-order valence-electron chi connectivity index (χ4n) is 3.95. The standard InChI is InChI=1S/C25H22N4OS/c1-17-10-15-22(27-17)24-23(21-9-5-6-16-26-21)28-25(31)29(24)18-11-13-20(14-12-18)30-19-7-3-2-4-8-19/h2-16,23-24,27H,1H3,(H,28,31). The van der Waals surface area contributed by atoms with E-state index in [-0.39, 0.29) is 12.1 Å². The number of rotatable bonds is 5. The quantitative estimate of drug-likeness (QED) is 0.402. The lowest BCUT2D eigenvalue weighted by Gasteiger charge is -2.27. The van der Waals surface area contributed by atoms with Crippen LogP contribution in [0.15, 0.2) is 91.1 Å². The number of pyridine rings is 1. The van der Waals surface area contributed by atoms with Crippen molar-refractivity contribution in [3.8, 4) is 11.5 Å². The Kier molecular flexibility index (Phi) is 5.14. The van der Waals surface area contributed by atoms with Crippen molar-refractivity contribution in [1.29, 1.82) is 0 Å². The predicted octanol–water partition coefficient (Wildman–Crippen LogP) is 5.69. The highest BCUT2D eigenvalue weighted by molar-refractivity contribution is 7.80. The molecule has 0 amide bonds. The number of hydrogen-bond acceptors (Lipinski definition) is 3. The zero-order valence-electron chi connectivity index (χ0n) is 17.0. The molecular formula is C25H22N4OS. The number of aromatic amines is 1. The highest BCUT2D eigenvalue weighted by Gasteiger charge is 2.41. The number of aromatic nitrogens is 2. The highest BCUT2D eigenvalue weighted by Crippen LogP contribution is 2.41. The second-order valence-corrected chi connectivity index (χ2v) is 7.89. The second kappa shape index (κ2) is 8.24. The molecule has 0 radical (unpaired) electrons. The molecule has 0 saturated carbocycles. The van der Waals surface area contributed by atoms with E-state index in [0.29, 0.717) is 5.11 Å². The van der Waals surface area contributed by atoms with Crippen LogP contribution in [0.2, 0.25) is 0 Å². The molecule has 0 aliphatic carbocycles. The molecule has 1 fully saturated rings. The number of thiocarbonyl (C=S) groups is 1. The second-order valence-electron chi connectivity index (χ2n) is 7.50. The maximum absolute atomic E-state index is 5.94. The summed E-state index contributed by atoms with van der Waals surface area (Å²) in [6, 6.07) is 27.8. The van der Waals surface area contributed by atoms with Crippen molar-refractivity contribution in [1.82, 2.24) is 15.3 Å². The van der Waals surface area contributed by atoms with Crippen LogP contribution < -0.4 is 15.0 Å².